The summed E-state index contributed by atoms with van der Waals surface area (Å²) in [5.41, 5.74) is 1.78. The van der Waals surface area contributed by atoms with Gasteiger partial charge in [-0.25, -0.2) is 8.42 Å². The number of nitrogens with zero attached hydrogens (tertiary/aromatic N) is 1. The van der Waals surface area contributed by atoms with Crippen LogP contribution in [-0.2, 0) is 10.0 Å². The second-order valence-corrected chi connectivity index (χ2v) is 9.76. The first-order valence-corrected chi connectivity index (χ1v) is 12.2. The van der Waals surface area contributed by atoms with E-state index in [1.54, 1.807) is 62.6 Å². The summed E-state index contributed by atoms with van der Waals surface area (Å²) in [6.07, 6.45) is 0. The fourth-order valence-electron chi connectivity index (χ4n) is 3.67. The van der Waals surface area contributed by atoms with Crippen molar-refractivity contribution in [1.29, 1.82) is 0 Å². The van der Waals surface area contributed by atoms with E-state index in [9.17, 15) is 8.42 Å². The Balaban J connectivity index is 2.27. The number of hydrogen-bond donors (Lipinski definition) is 0. The molecule has 3 aromatic rings. The first kappa shape index (κ1) is 25.5. The Kier molecular flexibility index (Phi) is 7.84. The molecule has 0 N–H and O–H groups in total. The normalized spacial score (nSPS) is 12.1. The van der Waals surface area contributed by atoms with E-state index in [0.29, 0.717) is 39.3 Å². The number of benzene rings is 3. The predicted molar refractivity (Wildman–Crippen MR) is 133 cm³/mol. The van der Waals surface area contributed by atoms with Gasteiger partial charge in [-0.2, -0.15) is 0 Å². The molecule has 0 spiro atoms. The highest BCUT2D eigenvalue weighted by atomic mass is 35.5. The highest BCUT2D eigenvalue weighted by Gasteiger charge is 2.33. The zero-order valence-corrected chi connectivity index (χ0v) is 21.5. The first-order chi connectivity index (χ1) is 16.2. The van der Waals surface area contributed by atoms with Gasteiger partial charge in [-0.3, -0.25) is 4.31 Å². The number of hydrogen-bond acceptors (Lipinski definition) is 6. The molecule has 0 aliphatic rings. The molecule has 34 heavy (non-hydrogen) atoms. The summed E-state index contributed by atoms with van der Waals surface area (Å²) in [6, 6.07) is 14.2. The Morgan fingerprint density at radius 1 is 0.794 bits per heavy atom. The molecule has 0 saturated carbocycles. The molecule has 7 nitrogen and oxygen atoms in total. The Morgan fingerprint density at radius 3 is 2.03 bits per heavy atom. The summed E-state index contributed by atoms with van der Waals surface area (Å²) in [6.45, 7) is 3.59. The molecular weight excluding hydrogens is 478 g/mol. The average Bonchev–Trinajstić information content (AvgIpc) is 2.84. The lowest BCUT2D eigenvalue weighted by molar-refractivity contribution is 0.355. The Labute approximate surface area is 205 Å². The molecular formula is C25H28ClNO6S. The Hall–Kier alpha value is -3.10. The summed E-state index contributed by atoms with van der Waals surface area (Å²) in [4.78, 5) is 0.0617. The third-order valence-corrected chi connectivity index (χ3v) is 7.86. The second kappa shape index (κ2) is 10.4. The molecule has 0 aromatic heterocycles. The van der Waals surface area contributed by atoms with Gasteiger partial charge < -0.3 is 18.9 Å². The lowest BCUT2D eigenvalue weighted by atomic mass is 10.1. The molecule has 0 amide bonds. The van der Waals surface area contributed by atoms with Crippen molar-refractivity contribution in [2.45, 2.75) is 24.8 Å². The maximum atomic E-state index is 14.0. The van der Waals surface area contributed by atoms with E-state index in [2.05, 4.69) is 0 Å². The van der Waals surface area contributed by atoms with Crippen LogP contribution in [0.25, 0.3) is 0 Å². The van der Waals surface area contributed by atoms with Crippen LogP contribution in [0.3, 0.4) is 0 Å². The average molecular weight is 506 g/mol. The summed E-state index contributed by atoms with van der Waals surface area (Å²) >= 11 is 6.29. The molecule has 9 heteroatoms. The van der Waals surface area contributed by atoms with Gasteiger partial charge in [-0.15, -0.1) is 0 Å². The number of anilines is 1. The van der Waals surface area contributed by atoms with Gasteiger partial charge in [-0.1, -0.05) is 17.7 Å². The van der Waals surface area contributed by atoms with Crippen molar-refractivity contribution in [2.75, 3.05) is 32.7 Å². The number of sulfonamides is 1. The third kappa shape index (κ3) is 4.88. The fourth-order valence-corrected chi connectivity index (χ4v) is 5.57. The highest BCUT2D eigenvalue weighted by Crippen LogP contribution is 2.41. The highest BCUT2D eigenvalue weighted by molar-refractivity contribution is 7.92. The van der Waals surface area contributed by atoms with Gasteiger partial charge in [0.1, 0.15) is 11.5 Å². The van der Waals surface area contributed by atoms with Crippen LogP contribution in [0.5, 0.6) is 23.0 Å². The van der Waals surface area contributed by atoms with Crippen molar-refractivity contribution in [3.8, 4) is 23.0 Å². The molecule has 3 rings (SSSR count). The number of rotatable bonds is 9. The van der Waals surface area contributed by atoms with Crippen molar-refractivity contribution in [1.82, 2.24) is 0 Å². The van der Waals surface area contributed by atoms with E-state index in [4.69, 9.17) is 30.5 Å². The molecule has 0 heterocycles. The van der Waals surface area contributed by atoms with Gasteiger partial charge in [0.05, 0.1) is 45.1 Å². The van der Waals surface area contributed by atoms with Gasteiger partial charge in [0.25, 0.3) is 10.0 Å². The van der Waals surface area contributed by atoms with Gasteiger partial charge in [0, 0.05) is 16.7 Å². The van der Waals surface area contributed by atoms with Crippen LogP contribution in [-0.4, -0.2) is 36.9 Å². The fraction of sp³-hybridized carbons (Fsp3) is 0.280. The maximum absolute atomic E-state index is 14.0. The van der Waals surface area contributed by atoms with Crippen molar-refractivity contribution < 1.29 is 27.4 Å². The summed E-state index contributed by atoms with van der Waals surface area (Å²) < 4.78 is 51.1. The molecule has 0 bridgehead atoms. The summed E-state index contributed by atoms with van der Waals surface area (Å²) in [7, 11) is 2.02. The number of halogens is 1. The number of methoxy groups -OCH3 is 4. The first-order valence-electron chi connectivity index (χ1n) is 10.4. The largest absolute Gasteiger partial charge is 0.497 e. The Bertz CT molecular complexity index is 1280. The van der Waals surface area contributed by atoms with Crippen molar-refractivity contribution >= 4 is 27.3 Å². The molecule has 0 aliphatic heterocycles. The monoisotopic (exact) mass is 505 g/mol. The maximum Gasteiger partial charge on any atom is 0.264 e. The van der Waals surface area contributed by atoms with Crippen LogP contribution >= 0.6 is 11.6 Å². The van der Waals surface area contributed by atoms with Crippen LogP contribution in [0.2, 0.25) is 5.02 Å². The molecule has 3 aromatic carbocycles. The lowest BCUT2D eigenvalue weighted by Crippen LogP contribution is -2.34. The van der Waals surface area contributed by atoms with Crippen molar-refractivity contribution in [2.24, 2.45) is 0 Å². The van der Waals surface area contributed by atoms with E-state index in [1.807, 2.05) is 6.92 Å². The van der Waals surface area contributed by atoms with Crippen molar-refractivity contribution in [3.05, 3.63) is 70.7 Å². The van der Waals surface area contributed by atoms with Gasteiger partial charge in [0.2, 0.25) is 0 Å². The van der Waals surface area contributed by atoms with E-state index >= 15 is 0 Å². The van der Waals surface area contributed by atoms with Crippen molar-refractivity contribution in [3.63, 3.8) is 0 Å². The molecule has 0 saturated heterocycles. The minimum absolute atomic E-state index is 0.0617. The molecule has 1 atom stereocenters. The quantitative estimate of drug-likeness (QED) is 0.374. The lowest BCUT2D eigenvalue weighted by Gasteiger charge is -2.32. The second-order valence-electron chi connectivity index (χ2n) is 7.53. The number of aryl methyl sites for hydroxylation is 1. The zero-order valence-electron chi connectivity index (χ0n) is 20.0. The van der Waals surface area contributed by atoms with Crippen LogP contribution in [0.4, 0.5) is 5.69 Å². The zero-order chi connectivity index (χ0) is 25.0. The van der Waals surface area contributed by atoms with E-state index in [0.717, 1.165) is 5.56 Å². The van der Waals surface area contributed by atoms with Gasteiger partial charge in [0.15, 0.2) is 11.5 Å². The third-order valence-electron chi connectivity index (χ3n) is 5.56. The number of ether oxygens (including phenoxy) is 4. The van der Waals surface area contributed by atoms with Crippen LogP contribution in [0, 0.1) is 6.92 Å². The topological polar surface area (TPSA) is 74.3 Å². The molecule has 0 aliphatic carbocycles. The summed E-state index contributed by atoms with van der Waals surface area (Å²) in [5, 5.41) is 0.361. The standard InChI is InChI=1S/C25H28ClNO6S/c1-16-7-10-20(15-22(16)26)34(28,29)27(18-8-11-24(32-5)25(13-18)33-6)17(2)21-14-19(30-3)9-12-23(21)31-4/h7-15,17H,1-6H3. The molecule has 0 radical (unpaired) electrons. The smallest absolute Gasteiger partial charge is 0.264 e. The predicted octanol–water partition coefficient (Wildman–Crippen LogP) is 5.64. The van der Waals surface area contributed by atoms with E-state index in [1.165, 1.54) is 31.7 Å². The van der Waals surface area contributed by atoms with Crippen LogP contribution < -0.4 is 23.3 Å². The molecule has 182 valence electrons. The van der Waals surface area contributed by atoms with E-state index < -0.39 is 16.1 Å². The minimum Gasteiger partial charge on any atom is -0.497 e. The van der Waals surface area contributed by atoms with Gasteiger partial charge in [-0.05, 0) is 61.9 Å². The SMILES string of the molecule is COc1ccc(OC)c(C(C)N(c2ccc(OC)c(OC)c2)S(=O)(=O)c2ccc(C)c(Cl)c2)c1. The van der Waals surface area contributed by atoms with Crippen LogP contribution in [0.15, 0.2) is 59.5 Å². The minimum atomic E-state index is -4.07. The summed E-state index contributed by atoms with van der Waals surface area (Å²) in [5.74, 6) is 1.97. The Morgan fingerprint density at radius 2 is 1.44 bits per heavy atom. The molecule has 0 fully saturated rings. The van der Waals surface area contributed by atoms with Gasteiger partial charge >= 0.3 is 0 Å². The van der Waals surface area contributed by atoms with E-state index in [-0.39, 0.29) is 4.90 Å². The van der Waals surface area contributed by atoms with Crippen LogP contribution in [0.1, 0.15) is 24.1 Å². The molecule has 1 unspecified atom stereocenters.